The summed E-state index contributed by atoms with van der Waals surface area (Å²) in [6.07, 6.45) is -1.86. The Morgan fingerprint density at radius 2 is 2.50 bits per heavy atom. The van der Waals surface area contributed by atoms with Crippen LogP contribution in [0.3, 0.4) is 0 Å². The fourth-order valence-electron chi connectivity index (χ4n) is 0.725. The van der Waals surface area contributed by atoms with Crippen LogP contribution >= 0.6 is 0 Å². The summed E-state index contributed by atoms with van der Waals surface area (Å²) in [6.45, 7) is -0.00953. The monoisotopic (exact) mass is 204 g/mol. The Morgan fingerprint density at radius 3 is 3.00 bits per heavy atom. The summed E-state index contributed by atoms with van der Waals surface area (Å²) in [4.78, 5) is 12.7. The first-order valence-electron chi connectivity index (χ1n) is 3.94. The summed E-state index contributed by atoms with van der Waals surface area (Å²) in [7, 11) is 0. The molecule has 8 nitrogen and oxygen atoms in total. The second-order valence-electron chi connectivity index (χ2n) is 2.27. The molecule has 80 valence electrons. The van der Waals surface area contributed by atoms with Gasteiger partial charge >= 0.3 is 0 Å². The van der Waals surface area contributed by atoms with E-state index in [2.05, 4.69) is 10.0 Å². The van der Waals surface area contributed by atoms with Gasteiger partial charge in [-0.15, -0.1) is 0 Å². The van der Waals surface area contributed by atoms with Crippen LogP contribution in [0, 0.1) is 5.53 Å². The van der Waals surface area contributed by atoms with Gasteiger partial charge in [-0.3, -0.25) is 0 Å². The molecule has 0 bridgehead atoms. The standard InChI is InChI=1S/C6H12N4O4/c7-10-9-5(14-4-3-11)1-2-8-6(12)13/h5,7-8,11H,1-4H2. The maximum absolute atomic E-state index is 9.96. The number of carbonyl (C=O) groups excluding carboxylic acids is 1. The molecule has 0 fully saturated rings. The molecule has 0 saturated heterocycles. The molecular formula is C6H12N4O4. The molecule has 0 rings (SSSR count). The maximum atomic E-state index is 9.96. The van der Waals surface area contributed by atoms with Crippen molar-refractivity contribution in [2.24, 2.45) is 5.11 Å². The third-order valence-electron chi connectivity index (χ3n) is 1.25. The summed E-state index contributed by atoms with van der Waals surface area (Å²) >= 11 is 0. The van der Waals surface area contributed by atoms with Crippen LogP contribution in [0.2, 0.25) is 0 Å². The number of carboxylic acid groups (broad SMARTS) is 1. The third-order valence-corrected chi connectivity index (χ3v) is 1.25. The molecule has 0 radical (unpaired) electrons. The van der Waals surface area contributed by atoms with E-state index in [0.29, 0.717) is 0 Å². The lowest BCUT2D eigenvalue weighted by Crippen LogP contribution is -2.38. The van der Waals surface area contributed by atoms with E-state index >= 15 is 0 Å². The van der Waals surface area contributed by atoms with Gasteiger partial charge in [-0.1, -0.05) is 0 Å². The second kappa shape index (κ2) is 8.11. The van der Waals surface area contributed by atoms with Gasteiger partial charge in [0.25, 0.3) is 0 Å². The molecule has 0 aliphatic carbocycles. The van der Waals surface area contributed by atoms with E-state index in [-0.39, 0.29) is 26.2 Å². The first-order valence-corrected chi connectivity index (χ1v) is 3.94. The number of amides is 1. The number of hydrogen-bond acceptors (Lipinski definition) is 6. The Hall–Kier alpha value is -1.50. The predicted molar refractivity (Wildman–Crippen MR) is 42.1 cm³/mol. The van der Waals surface area contributed by atoms with Crippen molar-refractivity contribution in [2.75, 3.05) is 19.8 Å². The molecule has 8 heteroatoms. The molecule has 3 N–H and O–H groups in total. The second-order valence-corrected chi connectivity index (χ2v) is 2.27. The Bertz CT molecular complexity index is 216. The van der Waals surface area contributed by atoms with Gasteiger partial charge in [0.05, 0.1) is 13.2 Å². The van der Waals surface area contributed by atoms with Crippen molar-refractivity contribution in [3.05, 3.63) is 0 Å². The highest BCUT2D eigenvalue weighted by Gasteiger charge is 2.11. The number of nitrogens with one attached hydrogen (secondary N) is 2. The molecule has 0 spiro atoms. The van der Waals surface area contributed by atoms with Crippen LogP contribution in [0.5, 0.6) is 0 Å². The lowest BCUT2D eigenvalue weighted by molar-refractivity contribution is -0.250. The molecular weight excluding hydrogens is 192 g/mol. The molecule has 0 aromatic carbocycles. The highest BCUT2D eigenvalue weighted by molar-refractivity contribution is 5.61. The van der Waals surface area contributed by atoms with Crippen molar-refractivity contribution in [2.45, 2.75) is 12.6 Å². The molecule has 0 saturated carbocycles. The number of ether oxygens (including phenoxy) is 1. The van der Waals surface area contributed by atoms with Crippen LogP contribution in [0.25, 0.3) is 0 Å². The number of nitrogens with zero attached hydrogens (tertiary/aromatic N) is 2. The maximum Gasteiger partial charge on any atom is 0.233 e. The van der Waals surface area contributed by atoms with Gasteiger partial charge in [0.1, 0.15) is 16.7 Å². The molecule has 0 aliphatic rings. The van der Waals surface area contributed by atoms with E-state index in [9.17, 15) is 9.90 Å². The van der Waals surface area contributed by atoms with Crippen molar-refractivity contribution < 1.29 is 19.7 Å². The quantitative estimate of drug-likeness (QED) is 0.333. The van der Waals surface area contributed by atoms with Crippen LogP contribution in [-0.2, 0) is 4.74 Å². The lowest BCUT2D eigenvalue weighted by atomic mass is 10.4. The van der Waals surface area contributed by atoms with Crippen LogP contribution in [0.15, 0.2) is 5.11 Å². The zero-order valence-corrected chi connectivity index (χ0v) is 7.47. The van der Waals surface area contributed by atoms with Crippen LogP contribution in [0.1, 0.15) is 6.42 Å². The highest BCUT2D eigenvalue weighted by atomic mass is 16.5. The first-order chi connectivity index (χ1) is 6.70. The minimum absolute atomic E-state index is 0.0645. The fraction of sp³-hybridized carbons (Fsp3) is 0.833. The molecule has 14 heavy (non-hydrogen) atoms. The van der Waals surface area contributed by atoms with Gasteiger partial charge in [-0.25, -0.2) is 0 Å². The molecule has 1 unspecified atom stereocenters. The number of aliphatic hydroxyl groups excluding tert-OH is 1. The Labute approximate surface area is 80.1 Å². The van der Waals surface area contributed by atoms with Gasteiger partial charge in [-0.05, 0) is 0 Å². The first kappa shape index (κ1) is 12.5. The smallest absolute Gasteiger partial charge is 0.233 e. The molecule has 0 aliphatic heterocycles. The van der Waals surface area contributed by atoms with Crippen molar-refractivity contribution in [1.29, 1.82) is 5.53 Å². The molecule has 0 aromatic rings. The summed E-state index contributed by atoms with van der Waals surface area (Å²) in [5.74, 6) is 0. The van der Waals surface area contributed by atoms with Gasteiger partial charge in [0.2, 0.25) is 11.1 Å². The minimum Gasteiger partial charge on any atom is -0.530 e. The average molecular weight is 204 g/mol. The topological polar surface area (TPSA) is 132 Å². The highest BCUT2D eigenvalue weighted by Crippen LogP contribution is 1.97. The van der Waals surface area contributed by atoms with E-state index in [1.165, 1.54) is 0 Å². The van der Waals surface area contributed by atoms with Crippen LogP contribution < -0.4 is 15.3 Å². The van der Waals surface area contributed by atoms with Crippen molar-refractivity contribution >= 4 is 6.09 Å². The van der Waals surface area contributed by atoms with E-state index in [1.807, 2.05) is 5.32 Å². The van der Waals surface area contributed by atoms with Gasteiger partial charge in [0.15, 0.2) is 0 Å². The van der Waals surface area contributed by atoms with E-state index in [1.54, 1.807) is 0 Å². The van der Waals surface area contributed by atoms with Crippen LogP contribution in [0.4, 0.5) is 4.79 Å². The third kappa shape index (κ3) is 7.17. The lowest BCUT2D eigenvalue weighted by Gasteiger charge is -2.08. The SMILES string of the molecule is N=[N+]=NC(CCNC(=O)[O-])OCCO. The van der Waals surface area contributed by atoms with Crippen molar-refractivity contribution in [1.82, 2.24) is 10.2 Å². The molecule has 1 amide bonds. The van der Waals surface area contributed by atoms with Crippen LogP contribution in [-0.4, -0.2) is 37.2 Å². The molecule has 0 aromatic heterocycles. The zero-order chi connectivity index (χ0) is 10.8. The van der Waals surface area contributed by atoms with Gasteiger partial charge in [0, 0.05) is 13.0 Å². The van der Waals surface area contributed by atoms with E-state index in [0.717, 1.165) is 0 Å². The van der Waals surface area contributed by atoms with Crippen molar-refractivity contribution in [3.8, 4) is 0 Å². The van der Waals surface area contributed by atoms with Gasteiger partial charge in [-0.2, -0.15) is 0 Å². The Balaban J connectivity index is 3.72. The molecule has 0 heterocycles. The Morgan fingerprint density at radius 1 is 1.79 bits per heavy atom. The van der Waals surface area contributed by atoms with E-state index < -0.39 is 12.3 Å². The average Bonchev–Trinajstić information content (AvgIpc) is 2.13. The predicted octanol–water partition coefficient (Wildman–Crippen LogP) is -1.81. The normalized spacial score (nSPS) is 11.5. The van der Waals surface area contributed by atoms with Crippen molar-refractivity contribution in [3.63, 3.8) is 0 Å². The summed E-state index contributed by atoms with van der Waals surface area (Å²) in [5, 5.41) is 23.8. The number of rotatable bonds is 7. The Kier molecular flexibility index (Phi) is 7.24. The summed E-state index contributed by atoms with van der Waals surface area (Å²) in [5.41, 5.74) is 6.46. The van der Waals surface area contributed by atoms with Gasteiger partial charge < -0.3 is 25.1 Å². The number of hydrogen-bond donors (Lipinski definition) is 3. The van der Waals surface area contributed by atoms with E-state index in [4.69, 9.17) is 15.4 Å². The summed E-state index contributed by atoms with van der Waals surface area (Å²) < 4.78 is 4.93. The molecule has 1 atom stereocenters. The largest absolute Gasteiger partial charge is 0.530 e. The minimum atomic E-state index is -1.38. The number of aliphatic hydroxyl groups is 1. The number of carbonyl (C=O) groups is 1. The fourth-order valence-corrected chi connectivity index (χ4v) is 0.725. The zero-order valence-electron chi connectivity index (χ0n) is 7.47. The summed E-state index contributed by atoms with van der Waals surface area (Å²) in [6, 6.07) is 0.